The quantitative estimate of drug-likeness (QED) is 0.377. The number of nitrogens with one attached hydrogen (secondary N) is 1. The molecule has 0 unspecified atom stereocenters. The van der Waals surface area contributed by atoms with Crippen LogP contribution in [-0.2, 0) is 13.1 Å². The van der Waals surface area contributed by atoms with E-state index in [0.717, 1.165) is 11.1 Å². The summed E-state index contributed by atoms with van der Waals surface area (Å²) in [5.74, 6) is 1.32. The van der Waals surface area contributed by atoms with Crippen LogP contribution in [0.15, 0.2) is 47.5 Å². The number of hydrogen-bond acceptors (Lipinski definition) is 4. The van der Waals surface area contributed by atoms with Crippen molar-refractivity contribution in [2.24, 2.45) is 10.7 Å². The van der Waals surface area contributed by atoms with Crippen molar-refractivity contribution >= 4 is 29.9 Å². The molecule has 10 heteroatoms. The fourth-order valence-electron chi connectivity index (χ4n) is 2.27. The average molecular weight is 495 g/mol. The van der Waals surface area contributed by atoms with Crippen LogP contribution < -0.4 is 25.3 Å². The molecule has 0 saturated heterocycles. The number of ether oxygens (including phenoxy) is 3. The van der Waals surface area contributed by atoms with Gasteiger partial charge >= 0.3 is 6.36 Å². The molecule has 0 saturated carbocycles. The van der Waals surface area contributed by atoms with Crippen molar-refractivity contribution < 1.29 is 27.4 Å². The molecule has 2 aromatic carbocycles. The number of rotatable bonds is 5. The molecule has 27 heavy (non-hydrogen) atoms. The van der Waals surface area contributed by atoms with Gasteiger partial charge in [0.25, 0.3) is 0 Å². The van der Waals surface area contributed by atoms with Crippen LogP contribution in [0.25, 0.3) is 0 Å². The first kappa shape index (κ1) is 20.9. The Labute approximate surface area is 170 Å². The number of guanidine groups is 1. The smallest absolute Gasteiger partial charge is 0.454 e. The lowest BCUT2D eigenvalue weighted by atomic mass is 10.2. The van der Waals surface area contributed by atoms with Gasteiger partial charge in [-0.3, -0.25) is 0 Å². The molecule has 0 spiro atoms. The van der Waals surface area contributed by atoms with Crippen molar-refractivity contribution in [2.75, 3.05) is 6.79 Å². The highest BCUT2D eigenvalue weighted by Crippen LogP contribution is 2.32. The van der Waals surface area contributed by atoms with E-state index in [0.29, 0.717) is 24.6 Å². The van der Waals surface area contributed by atoms with E-state index in [-0.39, 0.29) is 42.5 Å². The fourth-order valence-corrected chi connectivity index (χ4v) is 2.27. The number of alkyl halides is 3. The van der Waals surface area contributed by atoms with Gasteiger partial charge in [0.1, 0.15) is 5.75 Å². The number of aliphatic imine (C=N–C) groups is 1. The van der Waals surface area contributed by atoms with Crippen LogP contribution in [0.3, 0.4) is 0 Å². The standard InChI is InChI=1S/C17H16F3N3O3.HI/c18-17(19,20)26-13-4-1-11(2-5-13)8-22-16(21)23-9-12-3-6-14-15(7-12)25-10-24-14;/h1-7H,8-10H2,(H3,21,22,23);1H. The summed E-state index contributed by atoms with van der Waals surface area (Å²) >= 11 is 0. The second-order valence-electron chi connectivity index (χ2n) is 5.43. The Morgan fingerprint density at radius 1 is 1.07 bits per heavy atom. The van der Waals surface area contributed by atoms with Crippen LogP contribution in [0, 0.1) is 0 Å². The van der Waals surface area contributed by atoms with Crippen LogP contribution in [0.1, 0.15) is 11.1 Å². The first-order valence-electron chi connectivity index (χ1n) is 7.66. The molecular formula is C17H17F3IN3O3. The first-order valence-corrected chi connectivity index (χ1v) is 7.66. The van der Waals surface area contributed by atoms with E-state index in [9.17, 15) is 13.2 Å². The molecule has 3 N–H and O–H groups in total. The maximum Gasteiger partial charge on any atom is 0.573 e. The van der Waals surface area contributed by atoms with Crippen molar-refractivity contribution in [1.82, 2.24) is 5.32 Å². The van der Waals surface area contributed by atoms with E-state index in [1.54, 1.807) is 6.07 Å². The predicted octanol–water partition coefficient (Wildman–Crippen LogP) is 3.54. The Morgan fingerprint density at radius 3 is 2.44 bits per heavy atom. The van der Waals surface area contributed by atoms with E-state index in [4.69, 9.17) is 15.2 Å². The molecule has 0 bridgehead atoms. The second kappa shape index (κ2) is 9.02. The summed E-state index contributed by atoms with van der Waals surface area (Å²) in [6.07, 6.45) is -4.70. The van der Waals surface area contributed by atoms with Crippen LogP contribution in [0.5, 0.6) is 17.2 Å². The summed E-state index contributed by atoms with van der Waals surface area (Å²) in [7, 11) is 0. The van der Waals surface area contributed by atoms with Gasteiger partial charge in [0.2, 0.25) is 6.79 Å². The molecule has 1 heterocycles. The Bertz CT molecular complexity index is 798. The SMILES string of the molecule is I.NC(=NCc1ccc2c(c1)OCO2)NCc1ccc(OC(F)(F)F)cc1. The number of nitrogens with two attached hydrogens (primary N) is 1. The molecule has 3 rings (SSSR count). The molecule has 2 aromatic rings. The summed E-state index contributed by atoms with van der Waals surface area (Å²) in [4.78, 5) is 4.21. The molecule has 0 aliphatic carbocycles. The van der Waals surface area contributed by atoms with Crippen LogP contribution in [0.4, 0.5) is 13.2 Å². The van der Waals surface area contributed by atoms with Crippen LogP contribution >= 0.6 is 24.0 Å². The molecule has 1 aliphatic heterocycles. The maximum absolute atomic E-state index is 12.1. The fraction of sp³-hybridized carbons (Fsp3) is 0.235. The van der Waals surface area contributed by atoms with Crippen molar-refractivity contribution in [3.63, 3.8) is 0 Å². The molecule has 0 atom stereocenters. The third-order valence-corrected chi connectivity index (χ3v) is 3.50. The highest BCUT2D eigenvalue weighted by Gasteiger charge is 2.30. The molecule has 0 radical (unpaired) electrons. The molecule has 0 amide bonds. The van der Waals surface area contributed by atoms with Crippen LogP contribution in [-0.4, -0.2) is 19.1 Å². The Kier molecular flexibility index (Phi) is 6.99. The average Bonchev–Trinajstić information content (AvgIpc) is 3.05. The monoisotopic (exact) mass is 495 g/mol. The van der Waals surface area contributed by atoms with E-state index in [2.05, 4.69) is 15.0 Å². The number of nitrogens with zero attached hydrogens (tertiary/aromatic N) is 1. The van der Waals surface area contributed by atoms with E-state index >= 15 is 0 Å². The van der Waals surface area contributed by atoms with Gasteiger partial charge in [0.15, 0.2) is 17.5 Å². The maximum atomic E-state index is 12.1. The van der Waals surface area contributed by atoms with Gasteiger partial charge in [0, 0.05) is 6.54 Å². The summed E-state index contributed by atoms with van der Waals surface area (Å²) in [6, 6.07) is 11.0. The van der Waals surface area contributed by atoms with E-state index in [1.807, 2.05) is 12.1 Å². The zero-order chi connectivity index (χ0) is 18.6. The zero-order valence-corrected chi connectivity index (χ0v) is 16.3. The van der Waals surface area contributed by atoms with Gasteiger partial charge < -0.3 is 25.3 Å². The van der Waals surface area contributed by atoms with Gasteiger partial charge in [-0.15, -0.1) is 37.1 Å². The van der Waals surface area contributed by atoms with Crippen molar-refractivity contribution in [3.05, 3.63) is 53.6 Å². The normalized spacial score (nSPS) is 13.1. The minimum atomic E-state index is -4.70. The summed E-state index contributed by atoms with van der Waals surface area (Å²) in [5.41, 5.74) is 7.45. The molecule has 6 nitrogen and oxygen atoms in total. The molecule has 0 fully saturated rings. The summed E-state index contributed by atoms with van der Waals surface area (Å²) in [6.45, 7) is 0.884. The van der Waals surface area contributed by atoms with Gasteiger partial charge in [-0.05, 0) is 35.4 Å². The highest BCUT2D eigenvalue weighted by atomic mass is 127. The molecule has 1 aliphatic rings. The molecule has 0 aromatic heterocycles. The second-order valence-corrected chi connectivity index (χ2v) is 5.43. The van der Waals surface area contributed by atoms with Gasteiger partial charge in [0.05, 0.1) is 6.54 Å². The Hall–Kier alpha value is -2.37. The number of halogens is 4. The highest BCUT2D eigenvalue weighted by molar-refractivity contribution is 14.0. The van der Waals surface area contributed by atoms with Crippen molar-refractivity contribution in [1.29, 1.82) is 0 Å². The Morgan fingerprint density at radius 2 is 1.74 bits per heavy atom. The van der Waals surface area contributed by atoms with Crippen molar-refractivity contribution in [3.8, 4) is 17.2 Å². The third kappa shape index (κ3) is 6.38. The zero-order valence-electron chi connectivity index (χ0n) is 14.0. The van der Waals surface area contributed by atoms with Crippen LogP contribution in [0.2, 0.25) is 0 Å². The third-order valence-electron chi connectivity index (χ3n) is 3.50. The number of hydrogen-bond donors (Lipinski definition) is 2. The van der Waals surface area contributed by atoms with Crippen molar-refractivity contribution in [2.45, 2.75) is 19.5 Å². The lowest BCUT2D eigenvalue weighted by molar-refractivity contribution is -0.274. The molecule has 146 valence electrons. The van der Waals surface area contributed by atoms with Gasteiger partial charge in [-0.2, -0.15) is 0 Å². The van der Waals surface area contributed by atoms with Gasteiger partial charge in [-0.25, -0.2) is 4.99 Å². The topological polar surface area (TPSA) is 78.1 Å². The van der Waals surface area contributed by atoms with E-state index in [1.165, 1.54) is 24.3 Å². The lowest BCUT2D eigenvalue weighted by Gasteiger charge is -2.10. The minimum Gasteiger partial charge on any atom is -0.454 e. The summed E-state index contributed by atoms with van der Waals surface area (Å²) in [5, 5.41) is 2.90. The first-order chi connectivity index (χ1) is 12.4. The lowest BCUT2D eigenvalue weighted by Crippen LogP contribution is -2.31. The number of benzene rings is 2. The predicted molar refractivity (Wildman–Crippen MR) is 103 cm³/mol. The summed E-state index contributed by atoms with van der Waals surface area (Å²) < 4.78 is 50.7. The largest absolute Gasteiger partial charge is 0.573 e. The minimum absolute atomic E-state index is 0. The number of fused-ring (bicyclic) bond motifs is 1. The van der Waals surface area contributed by atoms with E-state index < -0.39 is 6.36 Å². The molecular weight excluding hydrogens is 478 g/mol. The Balaban J connectivity index is 0.00000261. The van der Waals surface area contributed by atoms with Gasteiger partial charge in [-0.1, -0.05) is 18.2 Å².